The number of hydrogen-bond acceptors (Lipinski definition) is 0. The molecule has 0 nitrogen and oxygen atoms in total. The van der Waals surface area contributed by atoms with Crippen molar-refractivity contribution >= 4 is 32.3 Å². The van der Waals surface area contributed by atoms with Gasteiger partial charge in [-0.3, -0.25) is 0 Å². The van der Waals surface area contributed by atoms with E-state index in [1.165, 1.54) is 65.7 Å². The molecule has 0 N–H and O–H groups in total. The number of rotatable bonds is 2. The van der Waals surface area contributed by atoms with Crippen molar-refractivity contribution in [3.63, 3.8) is 0 Å². The van der Waals surface area contributed by atoms with E-state index in [-0.39, 0.29) is 10.8 Å². The van der Waals surface area contributed by atoms with Crippen molar-refractivity contribution in [2.45, 2.75) is 52.4 Å². The van der Waals surface area contributed by atoms with Crippen molar-refractivity contribution in [1.82, 2.24) is 0 Å². The van der Waals surface area contributed by atoms with Gasteiger partial charge < -0.3 is 0 Å². The molecule has 0 atom stereocenters. The molecule has 178 valence electrons. The molecule has 6 aromatic rings. The van der Waals surface area contributed by atoms with Crippen LogP contribution in [0.25, 0.3) is 54.6 Å². The van der Waals surface area contributed by atoms with Crippen LogP contribution in [0.4, 0.5) is 0 Å². The summed E-state index contributed by atoms with van der Waals surface area (Å²) in [6, 6.07) is 36.7. The summed E-state index contributed by atoms with van der Waals surface area (Å²) in [4.78, 5) is 0. The maximum atomic E-state index is 2.31. The Morgan fingerprint density at radius 2 is 0.694 bits per heavy atom. The highest BCUT2D eigenvalue weighted by molar-refractivity contribution is 6.27. The molecule has 0 aromatic heterocycles. The van der Waals surface area contributed by atoms with Crippen molar-refractivity contribution in [2.24, 2.45) is 0 Å². The molecule has 0 aliphatic carbocycles. The Hall–Kier alpha value is -3.64. The topological polar surface area (TPSA) is 0 Å². The van der Waals surface area contributed by atoms with Gasteiger partial charge in [0, 0.05) is 0 Å². The van der Waals surface area contributed by atoms with Crippen LogP contribution in [0.1, 0.15) is 52.7 Å². The minimum Gasteiger partial charge on any atom is -0.0579 e. The van der Waals surface area contributed by atoms with Gasteiger partial charge in [-0.2, -0.15) is 0 Å². The van der Waals surface area contributed by atoms with Gasteiger partial charge in [0.1, 0.15) is 0 Å². The SMILES string of the molecule is CC(C)(C)c1ccc(-c2ccc3ccc4c(-c5ccc(C(C)(C)C)cc5)ccc5ccc2c3c54)cc1. The quantitative estimate of drug-likeness (QED) is 0.223. The maximum absolute atomic E-state index is 2.31. The van der Waals surface area contributed by atoms with Crippen LogP contribution in [-0.4, -0.2) is 0 Å². The van der Waals surface area contributed by atoms with Crippen LogP contribution in [-0.2, 0) is 10.8 Å². The van der Waals surface area contributed by atoms with Crippen molar-refractivity contribution in [2.75, 3.05) is 0 Å². The van der Waals surface area contributed by atoms with Crippen molar-refractivity contribution in [3.8, 4) is 22.3 Å². The maximum Gasteiger partial charge on any atom is -0.00203 e. The Kier molecular flexibility index (Phi) is 5.02. The Balaban J connectivity index is 1.56. The molecule has 0 heterocycles. The number of hydrogen-bond donors (Lipinski definition) is 0. The average Bonchev–Trinajstić information content (AvgIpc) is 2.86. The van der Waals surface area contributed by atoms with E-state index < -0.39 is 0 Å². The molecule has 0 heteroatoms. The summed E-state index contributed by atoms with van der Waals surface area (Å²) in [7, 11) is 0. The molecule has 0 fully saturated rings. The molecule has 0 saturated carbocycles. The Labute approximate surface area is 214 Å². The first-order valence-corrected chi connectivity index (χ1v) is 13.0. The van der Waals surface area contributed by atoms with Gasteiger partial charge in [-0.15, -0.1) is 0 Å². The van der Waals surface area contributed by atoms with Gasteiger partial charge in [-0.25, -0.2) is 0 Å². The second-order valence-electron chi connectivity index (χ2n) is 12.3. The second-order valence-corrected chi connectivity index (χ2v) is 12.3. The monoisotopic (exact) mass is 466 g/mol. The Morgan fingerprint density at radius 1 is 0.361 bits per heavy atom. The molecule has 0 spiro atoms. The summed E-state index contributed by atoms with van der Waals surface area (Å²) in [6.07, 6.45) is 0. The van der Waals surface area contributed by atoms with Crippen molar-refractivity contribution in [3.05, 3.63) is 108 Å². The van der Waals surface area contributed by atoms with Crippen LogP contribution in [0.2, 0.25) is 0 Å². The van der Waals surface area contributed by atoms with Crippen LogP contribution in [0.3, 0.4) is 0 Å². The molecule has 0 saturated heterocycles. The summed E-state index contributed by atoms with van der Waals surface area (Å²) >= 11 is 0. The third-order valence-corrected chi connectivity index (χ3v) is 7.79. The minimum atomic E-state index is 0.155. The first-order chi connectivity index (χ1) is 17.1. The third-order valence-electron chi connectivity index (χ3n) is 7.79. The fraction of sp³-hybridized carbons (Fsp3) is 0.222. The predicted molar refractivity (Wildman–Crippen MR) is 158 cm³/mol. The molecule has 0 amide bonds. The highest BCUT2D eigenvalue weighted by Crippen LogP contribution is 2.42. The molecule has 0 bridgehead atoms. The lowest BCUT2D eigenvalue weighted by atomic mass is 9.84. The lowest BCUT2D eigenvalue weighted by Gasteiger charge is -2.20. The van der Waals surface area contributed by atoms with Crippen LogP contribution in [0.15, 0.2) is 97.1 Å². The van der Waals surface area contributed by atoms with Gasteiger partial charge in [0.05, 0.1) is 0 Å². The zero-order chi connectivity index (χ0) is 25.2. The smallest absolute Gasteiger partial charge is 0.00203 e. The van der Waals surface area contributed by atoms with Gasteiger partial charge in [0.2, 0.25) is 0 Å². The normalized spacial score (nSPS) is 12.7. The van der Waals surface area contributed by atoms with Gasteiger partial charge in [-0.1, -0.05) is 139 Å². The predicted octanol–water partition coefficient (Wildman–Crippen LogP) is 10.5. The van der Waals surface area contributed by atoms with Crippen molar-refractivity contribution < 1.29 is 0 Å². The summed E-state index contributed by atoms with van der Waals surface area (Å²) in [5.74, 6) is 0. The molecular formula is C36H34. The molecule has 6 aromatic carbocycles. The number of benzene rings is 6. The van der Waals surface area contributed by atoms with E-state index in [0.29, 0.717) is 0 Å². The second kappa shape index (κ2) is 7.93. The molecule has 36 heavy (non-hydrogen) atoms. The molecule has 6 rings (SSSR count). The summed E-state index contributed by atoms with van der Waals surface area (Å²) < 4.78 is 0. The highest BCUT2D eigenvalue weighted by Gasteiger charge is 2.17. The standard InChI is InChI=1S/C36H34/c1-35(2,3)27-15-7-23(8-16-27)29-19-11-25-14-22-32-30(24-9-17-28(18-10-24)36(4,5)6)20-12-26-13-21-31(29)33(25)34(26)32/h7-22H,1-6H3. The largest absolute Gasteiger partial charge is 0.0579 e. The van der Waals surface area contributed by atoms with E-state index in [4.69, 9.17) is 0 Å². The van der Waals surface area contributed by atoms with E-state index in [9.17, 15) is 0 Å². The Bertz CT molecular complexity index is 1570. The van der Waals surface area contributed by atoms with E-state index in [1.54, 1.807) is 0 Å². The molecular weight excluding hydrogens is 432 g/mol. The molecule has 0 aliphatic rings. The summed E-state index contributed by atoms with van der Waals surface area (Å²) in [5, 5.41) is 8.01. The van der Waals surface area contributed by atoms with Gasteiger partial charge >= 0.3 is 0 Å². The van der Waals surface area contributed by atoms with Crippen LogP contribution >= 0.6 is 0 Å². The van der Waals surface area contributed by atoms with Crippen molar-refractivity contribution in [1.29, 1.82) is 0 Å². The lowest BCUT2D eigenvalue weighted by Crippen LogP contribution is -2.10. The van der Waals surface area contributed by atoms with E-state index in [0.717, 1.165) is 0 Å². The van der Waals surface area contributed by atoms with Crippen LogP contribution < -0.4 is 0 Å². The van der Waals surface area contributed by atoms with Gasteiger partial charge in [0.15, 0.2) is 0 Å². The third kappa shape index (κ3) is 3.68. The first kappa shape index (κ1) is 22.8. The molecule has 0 aliphatic heterocycles. The van der Waals surface area contributed by atoms with Gasteiger partial charge in [-0.05, 0) is 76.5 Å². The fourth-order valence-electron chi connectivity index (χ4n) is 5.60. The summed E-state index contributed by atoms with van der Waals surface area (Å²) in [5.41, 5.74) is 8.20. The van der Waals surface area contributed by atoms with E-state index >= 15 is 0 Å². The van der Waals surface area contributed by atoms with E-state index in [1.807, 2.05) is 0 Å². The Morgan fingerprint density at radius 3 is 1.03 bits per heavy atom. The molecule has 0 unspecified atom stereocenters. The van der Waals surface area contributed by atoms with Gasteiger partial charge in [0.25, 0.3) is 0 Å². The van der Waals surface area contributed by atoms with E-state index in [2.05, 4.69) is 139 Å². The zero-order valence-electron chi connectivity index (χ0n) is 22.2. The lowest BCUT2D eigenvalue weighted by molar-refractivity contribution is 0.590. The average molecular weight is 467 g/mol. The summed E-state index contributed by atoms with van der Waals surface area (Å²) in [6.45, 7) is 13.6. The fourth-order valence-corrected chi connectivity index (χ4v) is 5.60. The van der Waals surface area contributed by atoms with Crippen LogP contribution in [0.5, 0.6) is 0 Å². The zero-order valence-corrected chi connectivity index (χ0v) is 22.2. The highest BCUT2D eigenvalue weighted by atomic mass is 14.2. The van der Waals surface area contributed by atoms with Crippen LogP contribution in [0, 0.1) is 0 Å². The first-order valence-electron chi connectivity index (χ1n) is 13.0. The molecule has 0 radical (unpaired) electrons. The minimum absolute atomic E-state index is 0.155.